The molecule has 82 valence electrons. The van der Waals surface area contributed by atoms with Crippen LogP contribution < -0.4 is 23.7 Å². The number of quaternary nitrogens is 1. The van der Waals surface area contributed by atoms with Crippen LogP contribution in [0.3, 0.4) is 0 Å². The van der Waals surface area contributed by atoms with Crippen LogP contribution in [0.25, 0.3) is 0 Å². The Balaban J connectivity index is -0.0000000315. The van der Waals surface area contributed by atoms with Crippen LogP contribution in [0.5, 0.6) is 0 Å². The van der Waals surface area contributed by atoms with E-state index >= 15 is 0 Å². The van der Waals surface area contributed by atoms with Crippen LogP contribution in [0.1, 0.15) is 1.43 Å². The quantitative estimate of drug-likeness (QED) is 0.285. The molecular weight excluding hydrogens is 221 g/mol. The van der Waals surface area contributed by atoms with Crippen molar-refractivity contribution in [3.8, 4) is 0 Å². The maximum atomic E-state index is 8.74. The van der Waals surface area contributed by atoms with Gasteiger partial charge in [0.25, 0.3) is 0 Å². The number of hydrogen-bond donors (Lipinski definition) is 3. The van der Waals surface area contributed by atoms with Gasteiger partial charge in [-0.3, -0.25) is 4.46 Å². The first kappa shape index (κ1) is 23.5. The van der Waals surface area contributed by atoms with Gasteiger partial charge in [0.15, 0.2) is 0 Å². The summed E-state index contributed by atoms with van der Waals surface area (Å²) >= 11 is 0. The van der Waals surface area contributed by atoms with Gasteiger partial charge in [0.2, 0.25) is 0 Å². The van der Waals surface area contributed by atoms with Gasteiger partial charge in [0, 0.05) is 0 Å². The molecule has 0 fully saturated rings. The van der Waals surface area contributed by atoms with Gasteiger partial charge in [-0.1, -0.05) is 0 Å². The summed E-state index contributed by atoms with van der Waals surface area (Å²) < 4.78 is 18.4. The van der Waals surface area contributed by atoms with E-state index in [0.717, 1.165) is 4.48 Å². The van der Waals surface area contributed by atoms with Crippen molar-refractivity contribution in [2.24, 2.45) is 0 Å². The predicted molar refractivity (Wildman–Crippen MR) is 44.6 cm³/mol. The normalized spacial score (nSPS) is 7.71. The van der Waals surface area contributed by atoms with Gasteiger partial charge < -0.3 is 29.6 Å². The fourth-order valence-electron chi connectivity index (χ4n) is 0. The summed E-state index contributed by atoms with van der Waals surface area (Å²) in [7, 11) is 1.99. The third kappa shape index (κ3) is 31500. The molecule has 0 bridgehead atoms. The first-order valence-corrected chi connectivity index (χ1v) is 5.64. The van der Waals surface area contributed by atoms with Crippen molar-refractivity contribution < 1.29 is 52.9 Å². The molecule has 0 spiro atoms. The Morgan fingerprint density at radius 1 is 1.07 bits per heavy atom. The molecule has 0 saturated heterocycles. The molecular formula is C4H16LiNO6Si2. The molecule has 0 rings (SSSR count). The fourth-order valence-corrected chi connectivity index (χ4v) is 0. The third-order valence-electron chi connectivity index (χ3n) is 0. The summed E-state index contributed by atoms with van der Waals surface area (Å²) in [6.07, 6.45) is 0. The Labute approximate surface area is 99.7 Å². The van der Waals surface area contributed by atoms with E-state index in [1.807, 2.05) is 0 Å². The molecule has 3 N–H and O–H groups in total. The first-order valence-electron chi connectivity index (χ1n) is 3.07. The monoisotopic (exact) mass is 237 g/mol. The SMILES string of the molecule is C[N+](C)(C)C.O=[Si](O)O.O=[Si]([O-])O.[H-].[Li+]. The zero-order chi connectivity index (χ0) is 11.7. The second-order valence-electron chi connectivity index (χ2n) is 3.23. The molecule has 0 amide bonds. The molecule has 14 heavy (non-hydrogen) atoms. The van der Waals surface area contributed by atoms with Gasteiger partial charge in [-0.15, -0.1) is 0 Å². The summed E-state index contributed by atoms with van der Waals surface area (Å²) in [6, 6.07) is 0. The molecule has 0 aliphatic heterocycles. The van der Waals surface area contributed by atoms with Crippen LogP contribution in [0, 0.1) is 0 Å². The molecule has 0 heterocycles. The minimum Gasteiger partial charge on any atom is -1.00 e. The van der Waals surface area contributed by atoms with Gasteiger partial charge >= 0.3 is 37.2 Å². The van der Waals surface area contributed by atoms with Gasteiger partial charge in [0.05, 0.1) is 28.2 Å². The maximum Gasteiger partial charge on any atom is 1.00 e. The van der Waals surface area contributed by atoms with Gasteiger partial charge in [-0.05, 0) is 0 Å². The molecule has 0 aliphatic rings. The molecule has 0 aromatic heterocycles. The Morgan fingerprint density at radius 3 is 1.07 bits per heavy atom. The van der Waals surface area contributed by atoms with E-state index in [2.05, 4.69) is 28.2 Å². The summed E-state index contributed by atoms with van der Waals surface area (Å²) in [5.41, 5.74) is 0. The van der Waals surface area contributed by atoms with Crippen LogP contribution in [-0.2, 0) is 8.92 Å². The van der Waals surface area contributed by atoms with Gasteiger partial charge in [0.1, 0.15) is 0 Å². The third-order valence-corrected chi connectivity index (χ3v) is 0. The molecule has 0 aliphatic carbocycles. The average Bonchev–Trinajstić information content (AvgIpc) is 1.50. The van der Waals surface area contributed by atoms with Crippen molar-refractivity contribution in [1.82, 2.24) is 0 Å². The van der Waals surface area contributed by atoms with E-state index in [1.54, 1.807) is 0 Å². The second kappa shape index (κ2) is 12.8. The Hall–Kier alpha value is -0.209. The van der Waals surface area contributed by atoms with Gasteiger partial charge in [-0.2, -0.15) is 0 Å². The molecule has 0 saturated carbocycles. The molecule has 10 heteroatoms. The Bertz CT molecular complexity index is 140. The van der Waals surface area contributed by atoms with E-state index in [-0.39, 0.29) is 20.3 Å². The summed E-state index contributed by atoms with van der Waals surface area (Å²) in [5.74, 6) is 0. The van der Waals surface area contributed by atoms with Crippen molar-refractivity contribution in [3.63, 3.8) is 0 Å². The van der Waals surface area contributed by atoms with Crippen LogP contribution in [0.4, 0.5) is 0 Å². The molecule has 7 nitrogen and oxygen atoms in total. The molecule has 0 aromatic rings. The first-order chi connectivity index (χ1) is 5.46. The maximum absolute atomic E-state index is 8.74. The topological polar surface area (TPSA) is 118 Å². The van der Waals surface area contributed by atoms with Crippen molar-refractivity contribution >= 4 is 18.3 Å². The largest absolute Gasteiger partial charge is 1.00 e. The second-order valence-corrected chi connectivity index (χ2v) is 4.33. The van der Waals surface area contributed by atoms with Crippen LogP contribution in [0.15, 0.2) is 0 Å². The smallest absolute Gasteiger partial charge is 1.00 e. The summed E-state index contributed by atoms with van der Waals surface area (Å²) in [4.78, 5) is 30.0. The summed E-state index contributed by atoms with van der Waals surface area (Å²) in [6.45, 7) is 0. The standard InChI is InChI=1S/C4H12N.Li.H2O3Si.HO3Si.H/c1-5(2,3)4;;2*1-4(2)3;/h1-4H3;;1-2H;1H;/q2*+1;;2*-1. The number of hydrogen-bond acceptors (Lipinski definition) is 3. The van der Waals surface area contributed by atoms with Crippen molar-refractivity contribution in [1.29, 1.82) is 0 Å². The zero-order valence-corrected chi connectivity index (χ0v) is 11.0. The zero-order valence-electron chi connectivity index (χ0n) is 10.0. The van der Waals surface area contributed by atoms with Crippen molar-refractivity contribution in [2.75, 3.05) is 28.2 Å². The van der Waals surface area contributed by atoms with E-state index in [1.165, 1.54) is 0 Å². The fraction of sp³-hybridized carbons (Fsp3) is 1.00. The number of nitrogens with zero attached hydrogens (tertiary/aromatic N) is 1. The molecule has 0 radical (unpaired) electrons. The summed E-state index contributed by atoms with van der Waals surface area (Å²) in [5, 5.41) is 0. The van der Waals surface area contributed by atoms with Gasteiger partial charge in [-0.25, -0.2) is 0 Å². The Morgan fingerprint density at radius 2 is 1.07 bits per heavy atom. The van der Waals surface area contributed by atoms with E-state index in [0.29, 0.717) is 0 Å². The van der Waals surface area contributed by atoms with E-state index < -0.39 is 18.3 Å². The van der Waals surface area contributed by atoms with Crippen molar-refractivity contribution in [2.45, 2.75) is 0 Å². The predicted octanol–water partition coefficient (Wildman–Crippen LogP) is -6.42. The number of rotatable bonds is 0. The van der Waals surface area contributed by atoms with E-state index in [4.69, 9.17) is 28.1 Å². The average molecular weight is 237 g/mol. The van der Waals surface area contributed by atoms with Crippen LogP contribution in [0.2, 0.25) is 0 Å². The minimum atomic E-state index is -3.38. The molecule has 0 atom stereocenters. The van der Waals surface area contributed by atoms with Crippen LogP contribution >= 0.6 is 0 Å². The molecule has 0 unspecified atom stereocenters. The van der Waals surface area contributed by atoms with E-state index in [9.17, 15) is 0 Å². The molecule has 0 aromatic carbocycles. The van der Waals surface area contributed by atoms with Crippen LogP contribution in [-0.4, -0.2) is 65.4 Å². The van der Waals surface area contributed by atoms with Crippen molar-refractivity contribution in [3.05, 3.63) is 0 Å². The Kier molecular flexibility index (Phi) is 21.5. The minimum absolute atomic E-state index is 0.